The summed E-state index contributed by atoms with van der Waals surface area (Å²) in [5.74, 6) is 0.430. The van der Waals surface area contributed by atoms with Gasteiger partial charge < -0.3 is 4.74 Å². The average Bonchev–Trinajstić information content (AvgIpc) is 2.45. The second kappa shape index (κ2) is 6.54. The molecule has 19 heavy (non-hydrogen) atoms. The van der Waals surface area contributed by atoms with Crippen LogP contribution in [0.4, 0.5) is 0 Å². The van der Waals surface area contributed by atoms with E-state index in [0.29, 0.717) is 16.0 Å². The lowest BCUT2D eigenvalue weighted by molar-refractivity contribution is -0.137. The second-order valence-electron chi connectivity index (χ2n) is 3.58. The van der Waals surface area contributed by atoms with Crippen LogP contribution in [0.5, 0.6) is 0 Å². The van der Waals surface area contributed by atoms with Gasteiger partial charge in [0.05, 0.1) is 12.9 Å². The molecule has 0 N–H and O–H groups in total. The zero-order chi connectivity index (χ0) is 13.7. The van der Waals surface area contributed by atoms with Crippen molar-refractivity contribution < 1.29 is 9.53 Å². The van der Waals surface area contributed by atoms with Gasteiger partial charge in [-0.2, -0.15) is 0 Å². The highest BCUT2D eigenvalue weighted by atomic mass is 35.5. The van der Waals surface area contributed by atoms with Crippen LogP contribution in [0.25, 0.3) is 11.4 Å². The third-order valence-electron chi connectivity index (χ3n) is 2.27. The summed E-state index contributed by atoms with van der Waals surface area (Å²) >= 11 is 7.23. The van der Waals surface area contributed by atoms with Crippen molar-refractivity contribution in [1.29, 1.82) is 0 Å². The Labute approximate surface area is 120 Å². The standard InChI is InChI=1S/C13H11ClN2O2S/c1-18-12(17)8-19-11-7-10(14)15-13(16-11)9-5-3-2-4-6-9/h2-7H,8H2,1H3. The number of esters is 1. The SMILES string of the molecule is COC(=O)CSc1cc(Cl)nc(-c2ccccc2)n1. The normalized spacial score (nSPS) is 10.2. The molecule has 4 nitrogen and oxygen atoms in total. The highest BCUT2D eigenvalue weighted by Crippen LogP contribution is 2.23. The van der Waals surface area contributed by atoms with Crippen LogP contribution in [-0.4, -0.2) is 28.8 Å². The number of rotatable bonds is 4. The third-order valence-corrected chi connectivity index (χ3v) is 3.35. The number of halogens is 1. The van der Waals surface area contributed by atoms with Crippen LogP contribution in [0.1, 0.15) is 0 Å². The predicted octanol–water partition coefficient (Wildman–Crippen LogP) is 3.06. The monoisotopic (exact) mass is 294 g/mol. The van der Waals surface area contributed by atoms with Crippen molar-refractivity contribution in [2.75, 3.05) is 12.9 Å². The highest BCUT2D eigenvalue weighted by molar-refractivity contribution is 7.99. The van der Waals surface area contributed by atoms with E-state index in [1.807, 2.05) is 30.3 Å². The van der Waals surface area contributed by atoms with Gasteiger partial charge in [-0.25, -0.2) is 9.97 Å². The fourth-order valence-electron chi connectivity index (χ4n) is 1.38. The van der Waals surface area contributed by atoms with Crippen LogP contribution in [0.15, 0.2) is 41.4 Å². The lowest BCUT2D eigenvalue weighted by Crippen LogP contribution is -2.03. The molecule has 0 radical (unpaired) electrons. The summed E-state index contributed by atoms with van der Waals surface area (Å²) in [6, 6.07) is 11.2. The van der Waals surface area contributed by atoms with Gasteiger partial charge in [0.15, 0.2) is 5.82 Å². The number of methoxy groups -OCH3 is 1. The molecule has 0 spiro atoms. The maximum absolute atomic E-state index is 11.1. The maximum Gasteiger partial charge on any atom is 0.316 e. The van der Waals surface area contributed by atoms with Crippen LogP contribution >= 0.6 is 23.4 Å². The van der Waals surface area contributed by atoms with Crippen LogP contribution in [0.2, 0.25) is 5.15 Å². The van der Waals surface area contributed by atoms with Crippen LogP contribution < -0.4 is 0 Å². The number of hydrogen-bond donors (Lipinski definition) is 0. The molecule has 1 aromatic carbocycles. The zero-order valence-corrected chi connectivity index (χ0v) is 11.7. The molecule has 0 amide bonds. The Morgan fingerprint density at radius 2 is 2.05 bits per heavy atom. The lowest BCUT2D eigenvalue weighted by Gasteiger charge is -2.04. The van der Waals surface area contributed by atoms with Crippen molar-refractivity contribution in [1.82, 2.24) is 9.97 Å². The molecule has 0 aliphatic carbocycles. The van der Waals surface area contributed by atoms with Gasteiger partial charge in [0.1, 0.15) is 10.2 Å². The van der Waals surface area contributed by atoms with E-state index in [0.717, 1.165) is 5.56 Å². The molecule has 0 aliphatic rings. The van der Waals surface area contributed by atoms with E-state index >= 15 is 0 Å². The van der Waals surface area contributed by atoms with Crippen molar-refractivity contribution >= 4 is 29.3 Å². The average molecular weight is 295 g/mol. The van der Waals surface area contributed by atoms with E-state index in [9.17, 15) is 4.79 Å². The van der Waals surface area contributed by atoms with Gasteiger partial charge in [-0.05, 0) is 0 Å². The fraction of sp³-hybridized carbons (Fsp3) is 0.154. The van der Waals surface area contributed by atoms with E-state index in [1.54, 1.807) is 6.07 Å². The Hall–Kier alpha value is -1.59. The summed E-state index contributed by atoms with van der Waals surface area (Å²) in [7, 11) is 1.35. The molecule has 1 heterocycles. The molecule has 0 bridgehead atoms. The van der Waals surface area contributed by atoms with Crippen molar-refractivity contribution in [2.24, 2.45) is 0 Å². The minimum absolute atomic E-state index is 0.193. The molecule has 0 atom stereocenters. The van der Waals surface area contributed by atoms with E-state index < -0.39 is 0 Å². The quantitative estimate of drug-likeness (QED) is 0.493. The number of aromatic nitrogens is 2. The Kier molecular flexibility index (Phi) is 4.76. The highest BCUT2D eigenvalue weighted by Gasteiger charge is 2.08. The summed E-state index contributed by atoms with van der Waals surface area (Å²) in [5.41, 5.74) is 0.880. The Morgan fingerprint density at radius 1 is 1.32 bits per heavy atom. The summed E-state index contributed by atoms with van der Waals surface area (Å²) in [6.07, 6.45) is 0. The number of hydrogen-bond acceptors (Lipinski definition) is 5. The third kappa shape index (κ3) is 3.94. The van der Waals surface area contributed by atoms with Gasteiger partial charge in [-0.1, -0.05) is 53.7 Å². The van der Waals surface area contributed by atoms with Gasteiger partial charge in [0, 0.05) is 11.6 Å². The second-order valence-corrected chi connectivity index (χ2v) is 4.97. The summed E-state index contributed by atoms with van der Waals surface area (Å²) in [4.78, 5) is 19.7. The first-order valence-corrected chi connectivity index (χ1v) is 6.85. The Morgan fingerprint density at radius 3 is 2.74 bits per heavy atom. The molecule has 2 rings (SSSR count). The van der Waals surface area contributed by atoms with Crippen LogP contribution in [0, 0.1) is 0 Å². The topological polar surface area (TPSA) is 52.1 Å². The molecule has 0 saturated carbocycles. The molecule has 0 aliphatic heterocycles. The van der Waals surface area contributed by atoms with Crippen molar-refractivity contribution in [3.05, 3.63) is 41.6 Å². The minimum Gasteiger partial charge on any atom is -0.468 e. The number of carbonyl (C=O) groups excluding carboxylic acids is 1. The summed E-state index contributed by atoms with van der Waals surface area (Å²) in [6.45, 7) is 0. The van der Waals surface area contributed by atoms with Crippen LogP contribution in [0.3, 0.4) is 0 Å². The van der Waals surface area contributed by atoms with Gasteiger partial charge in [-0.3, -0.25) is 4.79 Å². The molecular weight excluding hydrogens is 284 g/mol. The molecule has 98 valence electrons. The Balaban J connectivity index is 2.22. The first-order chi connectivity index (χ1) is 9.19. The van der Waals surface area contributed by atoms with Crippen molar-refractivity contribution in [3.8, 4) is 11.4 Å². The van der Waals surface area contributed by atoms with E-state index in [4.69, 9.17) is 11.6 Å². The molecule has 0 fully saturated rings. The van der Waals surface area contributed by atoms with Gasteiger partial charge in [0.25, 0.3) is 0 Å². The van der Waals surface area contributed by atoms with Crippen molar-refractivity contribution in [3.63, 3.8) is 0 Å². The molecular formula is C13H11ClN2O2S. The lowest BCUT2D eigenvalue weighted by atomic mass is 10.2. The molecule has 0 unspecified atom stereocenters. The number of thioether (sulfide) groups is 1. The number of nitrogens with zero attached hydrogens (tertiary/aromatic N) is 2. The zero-order valence-electron chi connectivity index (χ0n) is 10.2. The smallest absolute Gasteiger partial charge is 0.316 e. The summed E-state index contributed by atoms with van der Waals surface area (Å²) < 4.78 is 4.58. The van der Waals surface area contributed by atoms with Crippen molar-refractivity contribution in [2.45, 2.75) is 5.03 Å². The largest absolute Gasteiger partial charge is 0.468 e. The van der Waals surface area contributed by atoms with Crippen LogP contribution in [-0.2, 0) is 9.53 Å². The fourth-order valence-corrected chi connectivity index (χ4v) is 2.36. The Bertz CT molecular complexity index is 578. The predicted molar refractivity (Wildman–Crippen MR) is 75.2 cm³/mol. The van der Waals surface area contributed by atoms with Gasteiger partial charge >= 0.3 is 5.97 Å². The number of carbonyl (C=O) groups is 1. The van der Waals surface area contributed by atoms with Gasteiger partial charge in [0.2, 0.25) is 0 Å². The number of benzene rings is 1. The first-order valence-electron chi connectivity index (χ1n) is 5.48. The van der Waals surface area contributed by atoms with Gasteiger partial charge in [-0.15, -0.1) is 0 Å². The van der Waals surface area contributed by atoms with E-state index in [-0.39, 0.29) is 11.7 Å². The number of ether oxygens (including phenoxy) is 1. The molecule has 1 aromatic heterocycles. The van der Waals surface area contributed by atoms with E-state index in [2.05, 4.69) is 14.7 Å². The minimum atomic E-state index is -0.305. The van der Waals surface area contributed by atoms with E-state index in [1.165, 1.54) is 18.9 Å². The summed E-state index contributed by atoms with van der Waals surface area (Å²) in [5, 5.41) is 0.991. The maximum atomic E-state index is 11.1. The molecule has 6 heteroatoms. The molecule has 0 saturated heterocycles. The molecule has 2 aromatic rings. The first kappa shape index (κ1) is 13.8.